The van der Waals surface area contributed by atoms with Gasteiger partial charge in [-0.25, -0.2) is 4.57 Å². The number of fused-ring (bicyclic) bond motifs is 7. The van der Waals surface area contributed by atoms with Gasteiger partial charge in [0.05, 0.1) is 10.9 Å². The van der Waals surface area contributed by atoms with Crippen molar-refractivity contribution in [1.82, 2.24) is 9.55 Å². The van der Waals surface area contributed by atoms with Gasteiger partial charge >= 0.3 is 0 Å². The number of benzene rings is 1. The van der Waals surface area contributed by atoms with E-state index in [0.29, 0.717) is 22.7 Å². The van der Waals surface area contributed by atoms with Gasteiger partial charge < -0.3 is 0 Å². The second kappa shape index (κ2) is 4.86. The molecule has 0 bridgehead atoms. The van der Waals surface area contributed by atoms with Gasteiger partial charge in [-0.3, -0.25) is 9.59 Å². The molecule has 4 nitrogen and oxygen atoms in total. The minimum absolute atomic E-state index is 0.0660. The van der Waals surface area contributed by atoms with Crippen LogP contribution in [0.3, 0.4) is 0 Å². The highest BCUT2D eigenvalue weighted by molar-refractivity contribution is 7.19. The second-order valence-corrected chi connectivity index (χ2v) is 7.71. The first-order valence-corrected chi connectivity index (χ1v) is 9.22. The van der Waals surface area contributed by atoms with Crippen molar-refractivity contribution in [3.63, 3.8) is 0 Å². The highest BCUT2D eigenvalue weighted by Gasteiger charge is 2.32. The van der Waals surface area contributed by atoms with Crippen LogP contribution in [-0.2, 0) is 12.8 Å². The molecule has 0 amide bonds. The number of carbonyl (C=O) groups is 1. The van der Waals surface area contributed by atoms with Crippen LogP contribution in [0.15, 0.2) is 29.1 Å². The molecular weight excluding hydrogens is 320 g/mol. The van der Waals surface area contributed by atoms with E-state index >= 15 is 0 Å². The lowest BCUT2D eigenvalue weighted by Gasteiger charge is -2.20. The first kappa shape index (κ1) is 14.1. The quantitative estimate of drug-likeness (QED) is 0.533. The fraction of sp³-hybridized carbons (Fsp3) is 0.316. The Morgan fingerprint density at radius 1 is 1.25 bits per heavy atom. The minimum atomic E-state index is -0.187. The fourth-order valence-corrected chi connectivity index (χ4v) is 5.47. The first-order valence-electron chi connectivity index (χ1n) is 8.40. The summed E-state index contributed by atoms with van der Waals surface area (Å²) in [5.41, 5.74) is 2.35. The van der Waals surface area contributed by atoms with Crippen molar-refractivity contribution >= 4 is 27.5 Å². The van der Waals surface area contributed by atoms with Gasteiger partial charge in [-0.2, -0.15) is 4.98 Å². The van der Waals surface area contributed by atoms with Crippen molar-refractivity contribution in [2.24, 2.45) is 5.92 Å². The van der Waals surface area contributed by atoms with E-state index in [1.807, 2.05) is 24.3 Å². The summed E-state index contributed by atoms with van der Waals surface area (Å²) in [7, 11) is 0. The van der Waals surface area contributed by atoms with E-state index in [2.05, 4.69) is 11.9 Å². The minimum Gasteiger partial charge on any atom is -0.268 e. The number of hydrogen-bond donors (Lipinski definition) is 0. The molecule has 0 spiro atoms. The molecule has 1 aliphatic carbocycles. The Kier molecular flexibility index (Phi) is 2.86. The Balaban J connectivity index is 1.84. The average Bonchev–Trinajstić information content (AvgIpc) is 3.11. The van der Waals surface area contributed by atoms with E-state index in [1.165, 1.54) is 4.88 Å². The number of nitrogens with zero attached hydrogens (tertiary/aromatic N) is 2. The molecule has 0 saturated heterocycles. The summed E-state index contributed by atoms with van der Waals surface area (Å²) in [5.74, 6) is 1.11. The monoisotopic (exact) mass is 336 g/mol. The SMILES string of the molecule is CC[C@@H]1CCc2c(sc3c2c(=O)nc2n3C(=O)c3ccccc3-2)C1. The molecule has 0 saturated carbocycles. The lowest BCUT2D eigenvalue weighted by molar-refractivity contribution is 0.0973. The molecule has 1 aliphatic heterocycles. The Labute approximate surface area is 142 Å². The molecule has 2 aromatic heterocycles. The number of thiophene rings is 1. The number of rotatable bonds is 1. The maximum absolute atomic E-state index is 12.9. The molecular formula is C19H16N2O2S. The summed E-state index contributed by atoms with van der Waals surface area (Å²) in [4.78, 5) is 31.9. The van der Waals surface area contributed by atoms with Crippen molar-refractivity contribution < 1.29 is 4.79 Å². The molecule has 3 aromatic rings. The number of aryl methyl sites for hydroxylation is 1. The van der Waals surface area contributed by atoms with E-state index in [9.17, 15) is 9.59 Å². The molecule has 24 heavy (non-hydrogen) atoms. The van der Waals surface area contributed by atoms with E-state index in [0.717, 1.165) is 41.6 Å². The molecule has 1 aromatic carbocycles. The molecule has 3 heterocycles. The van der Waals surface area contributed by atoms with Crippen LogP contribution < -0.4 is 5.56 Å². The summed E-state index contributed by atoms with van der Waals surface area (Å²) in [6, 6.07) is 7.40. The van der Waals surface area contributed by atoms with Gasteiger partial charge in [0.1, 0.15) is 4.83 Å². The zero-order valence-corrected chi connectivity index (χ0v) is 14.2. The fourth-order valence-electron chi connectivity index (χ4n) is 4.02. The zero-order chi connectivity index (χ0) is 16.4. The van der Waals surface area contributed by atoms with E-state index < -0.39 is 0 Å². The van der Waals surface area contributed by atoms with Crippen molar-refractivity contribution in [3.05, 3.63) is 50.6 Å². The van der Waals surface area contributed by atoms with Crippen LogP contribution in [-0.4, -0.2) is 15.5 Å². The van der Waals surface area contributed by atoms with Gasteiger partial charge in [0.25, 0.3) is 11.5 Å². The third-order valence-corrected chi connectivity index (χ3v) is 6.60. The normalized spacial score (nSPS) is 18.5. The standard InChI is InChI=1S/C19H16N2O2S/c1-2-10-7-8-13-14(9-10)24-19-15(13)17(22)20-16-11-5-3-4-6-12(11)18(23)21(16)19/h3-6,10H,2,7-9H2,1H3/t10-/m1/s1. The molecule has 120 valence electrons. The van der Waals surface area contributed by atoms with Crippen LogP contribution in [0.2, 0.25) is 0 Å². The van der Waals surface area contributed by atoms with Gasteiger partial charge in [-0.1, -0.05) is 31.5 Å². The molecule has 0 fully saturated rings. The van der Waals surface area contributed by atoms with Crippen molar-refractivity contribution in [1.29, 1.82) is 0 Å². The average molecular weight is 336 g/mol. The summed E-state index contributed by atoms with van der Waals surface area (Å²) in [6.07, 6.45) is 4.21. The number of aromatic nitrogens is 2. The van der Waals surface area contributed by atoms with Gasteiger partial charge in [0.15, 0.2) is 5.82 Å². The topological polar surface area (TPSA) is 52.0 Å². The molecule has 5 heteroatoms. The smallest absolute Gasteiger partial charge is 0.268 e. The summed E-state index contributed by atoms with van der Waals surface area (Å²) in [6.45, 7) is 2.22. The number of hydrogen-bond acceptors (Lipinski definition) is 4. The lowest BCUT2D eigenvalue weighted by atomic mass is 9.86. The molecule has 2 aliphatic rings. The maximum Gasteiger partial charge on any atom is 0.282 e. The van der Waals surface area contributed by atoms with E-state index in [1.54, 1.807) is 15.9 Å². The van der Waals surface area contributed by atoms with Crippen molar-refractivity contribution in [2.45, 2.75) is 32.6 Å². The first-order chi connectivity index (χ1) is 11.7. The molecule has 5 rings (SSSR count). The van der Waals surface area contributed by atoms with Crippen LogP contribution >= 0.6 is 11.3 Å². The maximum atomic E-state index is 12.9. The van der Waals surface area contributed by atoms with Gasteiger partial charge in [-0.05, 0) is 36.8 Å². The third kappa shape index (κ3) is 1.70. The van der Waals surface area contributed by atoms with Crippen molar-refractivity contribution in [3.8, 4) is 11.4 Å². The largest absolute Gasteiger partial charge is 0.282 e. The summed E-state index contributed by atoms with van der Waals surface area (Å²) < 4.78 is 1.66. The summed E-state index contributed by atoms with van der Waals surface area (Å²) in [5, 5.41) is 0.675. The van der Waals surface area contributed by atoms with E-state index in [4.69, 9.17) is 0 Å². The van der Waals surface area contributed by atoms with Crippen LogP contribution in [0, 0.1) is 5.92 Å². The zero-order valence-electron chi connectivity index (χ0n) is 13.3. The van der Waals surface area contributed by atoms with Gasteiger partial charge in [0.2, 0.25) is 0 Å². The predicted molar refractivity (Wildman–Crippen MR) is 94.9 cm³/mol. The van der Waals surface area contributed by atoms with Crippen molar-refractivity contribution in [2.75, 3.05) is 0 Å². The summed E-state index contributed by atoms with van der Waals surface area (Å²) >= 11 is 1.61. The van der Waals surface area contributed by atoms with E-state index in [-0.39, 0.29) is 11.5 Å². The van der Waals surface area contributed by atoms with Crippen LogP contribution in [0.5, 0.6) is 0 Å². The predicted octanol–water partition coefficient (Wildman–Crippen LogP) is 3.64. The van der Waals surface area contributed by atoms with Crippen LogP contribution in [0.4, 0.5) is 0 Å². The molecule has 0 radical (unpaired) electrons. The Morgan fingerprint density at radius 3 is 2.83 bits per heavy atom. The number of carbonyl (C=O) groups excluding carboxylic acids is 1. The Morgan fingerprint density at radius 2 is 2.04 bits per heavy atom. The van der Waals surface area contributed by atoms with Gasteiger partial charge in [-0.15, -0.1) is 11.3 Å². The Hall–Kier alpha value is -2.27. The molecule has 0 unspecified atom stereocenters. The molecule has 0 N–H and O–H groups in total. The van der Waals surface area contributed by atoms with Crippen LogP contribution in [0.1, 0.15) is 40.6 Å². The Bertz CT molecular complexity index is 1080. The second-order valence-electron chi connectivity index (χ2n) is 6.63. The van der Waals surface area contributed by atoms with Crippen LogP contribution in [0.25, 0.3) is 21.6 Å². The highest BCUT2D eigenvalue weighted by Crippen LogP contribution is 2.40. The van der Waals surface area contributed by atoms with Gasteiger partial charge in [0, 0.05) is 10.4 Å². The third-order valence-electron chi connectivity index (χ3n) is 5.36. The highest BCUT2D eigenvalue weighted by atomic mass is 32.1. The molecule has 1 atom stereocenters. The lowest BCUT2D eigenvalue weighted by Crippen LogP contribution is -2.17.